The molecule has 0 spiro atoms. The van der Waals surface area contributed by atoms with Crippen LogP contribution < -0.4 is 10.1 Å². The number of benzene rings is 1. The van der Waals surface area contributed by atoms with Crippen LogP contribution in [-0.2, 0) is 11.0 Å². The van der Waals surface area contributed by atoms with Crippen LogP contribution in [0.3, 0.4) is 0 Å². The fraction of sp³-hybridized carbons (Fsp3) is 0.417. The van der Waals surface area contributed by atoms with Crippen LogP contribution in [0, 0.1) is 0 Å². The molecule has 0 heterocycles. The third-order valence-corrected chi connectivity index (χ3v) is 2.72. The van der Waals surface area contributed by atoms with Gasteiger partial charge in [0, 0.05) is 6.04 Å². The fourth-order valence-electron chi connectivity index (χ4n) is 1.30. The number of hydrogen-bond acceptors (Lipinski definition) is 2. The predicted octanol–water partition coefficient (Wildman–Crippen LogP) is 3.37. The number of halogens is 4. The molecule has 19 heavy (non-hydrogen) atoms. The van der Waals surface area contributed by atoms with Gasteiger partial charge in [-0.3, -0.25) is 4.79 Å². The maximum Gasteiger partial charge on any atom is 0.416 e. The van der Waals surface area contributed by atoms with Gasteiger partial charge in [-0.05, 0) is 48.0 Å². The maximum atomic E-state index is 12.5. The zero-order chi connectivity index (χ0) is 14.6. The molecule has 106 valence electrons. The average Bonchev–Trinajstić information content (AvgIpc) is 2.25. The Balaban J connectivity index is 2.75. The molecule has 0 unspecified atom stereocenters. The Morgan fingerprint density at radius 3 is 2.58 bits per heavy atom. The number of rotatable bonds is 4. The quantitative estimate of drug-likeness (QED) is 0.913. The number of ether oxygens (including phenoxy) is 1. The summed E-state index contributed by atoms with van der Waals surface area (Å²) in [5.74, 6) is -0.409. The van der Waals surface area contributed by atoms with E-state index in [4.69, 9.17) is 4.74 Å². The lowest BCUT2D eigenvalue weighted by molar-refractivity contribution is -0.137. The molecule has 0 aliphatic heterocycles. The highest BCUT2D eigenvalue weighted by Gasteiger charge is 2.31. The minimum absolute atomic E-state index is 0.0197. The van der Waals surface area contributed by atoms with Crippen molar-refractivity contribution < 1.29 is 22.7 Å². The van der Waals surface area contributed by atoms with E-state index >= 15 is 0 Å². The zero-order valence-corrected chi connectivity index (χ0v) is 11.9. The second-order valence-electron chi connectivity index (χ2n) is 4.15. The van der Waals surface area contributed by atoms with Gasteiger partial charge in [0.1, 0.15) is 5.75 Å². The van der Waals surface area contributed by atoms with Gasteiger partial charge < -0.3 is 10.1 Å². The van der Waals surface area contributed by atoms with E-state index in [1.807, 2.05) is 0 Å². The van der Waals surface area contributed by atoms with Gasteiger partial charge in [-0.1, -0.05) is 0 Å². The first kappa shape index (κ1) is 15.8. The summed E-state index contributed by atoms with van der Waals surface area (Å²) in [6.07, 6.45) is -4.45. The monoisotopic (exact) mass is 339 g/mol. The Morgan fingerprint density at radius 2 is 2.05 bits per heavy atom. The van der Waals surface area contributed by atoms with Crippen molar-refractivity contribution in [3.8, 4) is 5.75 Å². The SMILES string of the molecule is CC(C)NC(=O)COc1cc(C(F)(F)F)ccc1Br. The topological polar surface area (TPSA) is 38.3 Å². The third kappa shape index (κ3) is 5.10. The van der Waals surface area contributed by atoms with Crippen molar-refractivity contribution in [2.45, 2.75) is 26.1 Å². The minimum Gasteiger partial charge on any atom is -0.483 e. The second kappa shape index (κ2) is 6.27. The van der Waals surface area contributed by atoms with Crippen LogP contribution in [0.2, 0.25) is 0 Å². The van der Waals surface area contributed by atoms with E-state index in [-0.39, 0.29) is 24.3 Å². The molecular weight excluding hydrogens is 327 g/mol. The fourth-order valence-corrected chi connectivity index (χ4v) is 1.66. The van der Waals surface area contributed by atoms with Crippen molar-refractivity contribution in [2.24, 2.45) is 0 Å². The molecule has 0 atom stereocenters. The number of carbonyl (C=O) groups is 1. The van der Waals surface area contributed by atoms with Gasteiger partial charge >= 0.3 is 6.18 Å². The molecule has 1 amide bonds. The number of alkyl halides is 3. The van der Waals surface area contributed by atoms with Crippen molar-refractivity contribution >= 4 is 21.8 Å². The lowest BCUT2D eigenvalue weighted by atomic mass is 10.2. The lowest BCUT2D eigenvalue weighted by Crippen LogP contribution is -2.34. The molecule has 1 aromatic rings. The van der Waals surface area contributed by atoms with E-state index < -0.39 is 11.7 Å². The summed E-state index contributed by atoms with van der Waals surface area (Å²) < 4.78 is 43.0. The molecule has 0 aliphatic carbocycles. The van der Waals surface area contributed by atoms with E-state index in [1.165, 1.54) is 6.07 Å². The van der Waals surface area contributed by atoms with Crippen molar-refractivity contribution in [1.82, 2.24) is 5.32 Å². The third-order valence-electron chi connectivity index (χ3n) is 2.07. The van der Waals surface area contributed by atoms with E-state index in [1.54, 1.807) is 13.8 Å². The molecule has 0 aliphatic rings. The summed E-state index contributed by atoms with van der Waals surface area (Å²) in [4.78, 5) is 11.3. The highest BCUT2D eigenvalue weighted by Crippen LogP contribution is 2.34. The largest absolute Gasteiger partial charge is 0.483 e. The smallest absolute Gasteiger partial charge is 0.416 e. The van der Waals surface area contributed by atoms with E-state index in [0.29, 0.717) is 4.47 Å². The molecule has 0 aromatic heterocycles. The average molecular weight is 340 g/mol. The summed E-state index contributed by atoms with van der Waals surface area (Å²) in [5, 5.41) is 2.58. The summed E-state index contributed by atoms with van der Waals surface area (Å²) in [7, 11) is 0. The Kier molecular flexibility index (Phi) is 5.22. The van der Waals surface area contributed by atoms with Gasteiger partial charge in [0.15, 0.2) is 6.61 Å². The van der Waals surface area contributed by atoms with E-state index in [2.05, 4.69) is 21.2 Å². The van der Waals surface area contributed by atoms with Gasteiger partial charge in [-0.15, -0.1) is 0 Å². The van der Waals surface area contributed by atoms with Crippen molar-refractivity contribution in [1.29, 1.82) is 0 Å². The first-order valence-corrected chi connectivity index (χ1v) is 6.28. The molecule has 0 saturated carbocycles. The number of carbonyl (C=O) groups excluding carboxylic acids is 1. The number of hydrogen-bond donors (Lipinski definition) is 1. The molecule has 1 aromatic carbocycles. The van der Waals surface area contributed by atoms with E-state index in [9.17, 15) is 18.0 Å². The lowest BCUT2D eigenvalue weighted by Gasteiger charge is -2.13. The van der Waals surface area contributed by atoms with Crippen LogP contribution in [0.4, 0.5) is 13.2 Å². The summed E-state index contributed by atoms with van der Waals surface area (Å²) in [6, 6.07) is 2.97. The minimum atomic E-state index is -4.45. The van der Waals surface area contributed by atoms with Gasteiger partial charge in [-0.25, -0.2) is 0 Å². The van der Waals surface area contributed by atoms with Crippen LogP contribution in [-0.4, -0.2) is 18.6 Å². The van der Waals surface area contributed by atoms with Gasteiger partial charge in [0.2, 0.25) is 0 Å². The van der Waals surface area contributed by atoms with Crippen molar-refractivity contribution in [3.05, 3.63) is 28.2 Å². The first-order valence-electron chi connectivity index (χ1n) is 5.49. The highest BCUT2D eigenvalue weighted by atomic mass is 79.9. The summed E-state index contributed by atoms with van der Waals surface area (Å²) >= 11 is 3.07. The van der Waals surface area contributed by atoms with Crippen molar-refractivity contribution in [3.63, 3.8) is 0 Å². The molecule has 1 N–H and O–H groups in total. The Bertz CT molecular complexity index is 461. The molecule has 0 radical (unpaired) electrons. The molecule has 0 bridgehead atoms. The molecular formula is C12H13BrF3NO2. The van der Waals surface area contributed by atoms with Crippen molar-refractivity contribution in [2.75, 3.05) is 6.61 Å². The van der Waals surface area contributed by atoms with Crippen LogP contribution in [0.1, 0.15) is 19.4 Å². The van der Waals surface area contributed by atoms with Crippen LogP contribution in [0.25, 0.3) is 0 Å². The summed E-state index contributed by atoms with van der Waals surface area (Å²) in [6.45, 7) is 3.22. The molecule has 0 saturated heterocycles. The Labute approximate surface area is 117 Å². The second-order valence-corrected chi connectivity index (χ2v) is 5.01. The van der Waals surface area contributed by atoms with Crippen LogP contribution in [0.5, 0.6) is 5.75 Å². The van der Waals surface area contributed by atoms with Crippen LogP contribution in [0.15, 0.2) is 22.7 Å². The predicted molar refractivity (Wildman–Crippen MR) is 67.9 cm³/mol. The number of amides is 1. The molecule has 0 fully saturated rings. The normalized spacial score (nSPS) is 11.5. The van der Waals surface area contributed by atoms with Gasteiger partial charge in [-0.2, -0.15) is 13.2 Å². The Morgan fingerprint density at radius 1 is 1.42 bits per heavy atom. The standard InChI is InChI=1S/C12H13BrF3NO2/c1-7(2)17-11(18)6-19-10-5-8(12(14,15)16)3-4-9(10)13/h3-5,7H,6H2,1-2H3,(H,17,18). The molecule has 7 heteroatoms. The van der Waals surface area contributed by atoms with Gasteiger partial charge in [0.25, 0.3) is 5.91 Å². The van der Waals surface area contributed by atoms with E-state index in [0.717, 1.165) is 12.1 Å². The maximum absolute atomic E-state index is 12.5. The zero-order valence-electron chi connectivity index (χ0n) is 10.3. The first-order chi connectivity index (χ1) is 8.70. The Hall–Kier alpha value is -1.24. The van der Waals surface area contributed by atoms with Crippen LogP contribution >= 0.6 is 15.9 Å². The summed E-state index contributed by atoms with van der Waals surface area (Å²) in [5.41, 5.74) is -0.824. The van der Waals surface area contributed by atoms with Gasteiger partial charge in [0.05, 0.1) is 10.0 Å². The molecule has 1 rings (SSSR count). The number of nitrogens with one attached hydrogen (secondary N) is 1. The molecule has 3 nitrogen and oxygen atoms in total. The highest BCUT2D eigenvalue weighted by molar-refractivity contribution is 9.10.